The van der Waals surface area contributed by atoms with Crippen LogP contribution in [0.1, 0.15) is 26.7 Å². The lowest BCUT2D eigenvalue weighted by atomic mass is 10.3. The Morgan fingerprint density at radius 1 is 1.47 bits per heavy atom. The van der Waals surface area contributed by atoms with Crippen molar-refractivity contribution < 1.29 is 9.13 Å². The molecule has 3 N–H and O–H groups in total. The van der Waals surface area contributed by atoms with E-state index in [1.54, 1.807) is 18.2 Å². The Morgan fingerprint density at radius 3 is 2.89 bits per heavy atom. The molecule has 4 nitrogen and oxygen atoms in total. The number of ether oxygens (including phenoxy) is 1. The molecule has 0 saturated heterocycles. The average Bonchev–Trinajstić information content (AvgIpc) is 2.39. The summed E-state index contributed by atoms with van der Waals surface area (Å²) in [6, 6.07) is 6.32. The fraction of sp³-hybridized carbons (Fsp3) is 0.500. The standard InChI is InChI=1S/C14H22FN3O/c1-3-4-9-17-14(16)18-10-11(2)19-13-8-6-5-7-12(13)15/h5-8,11H,3-4,9-10H2,1-2H3,(H3,16,17,18). The van der Waals surface area contributed by atoms with Gasteiger partial charge < -0.3 is 15.8 Å². The number of para-hydroxylation sites is 1. The Hall–Kier alpha value is -1.78. The molecule has 0 aliphatic heterocycles. The quantitative estimate of drug-likeness (QED) is 0.453. The zero-order valence-electron chi connectivity index (χ0n) is 11.5. The molecule has 0 saturated carbocycles. The lowest BCUT2D eigenvalue weighted by molar-refractivity contribution is 0.220. The molecular weight excluding hydrogens is 245 g/mol. The highest BCUT2D eigenvalue weighted by Crippen LogP contribution is 2.16. The van der Waals surface area contributed by atoms with Gasteiger partial charge in [-0.15, -0.1) is 0 Å². The Labute approximate surface area is 113 Å². The minimum absolute atomic E-state index is 0.233. The van der Waals surface area contributed by atoms with E-state index < -0.39 is 0 Å². The molecule has 0 aliphatic carbocycles. The minimum atomic E-state index is -0.368. The van der Waals surface area contributed by atoms with E-state index in [0.717, 1.165) is 19.4 Å². The molecule has 1 aromatic rings. The highest BCUT2D eigenvalue weighted by atomic mass is 19.1. The van der Waals surface area contributed by atoms with Crippen LogP contribution in [0, 0.1) is 5.82 Å². The summed E-state index contributed by atoms with van der Waals surface area (Å²) >= 11 is 0. The van der Waals surface area contributed by atoms with Crippen molar-refractivity contribution in [2.45, 2.75) is 32.8 Å². The normalized spacial score (nSPS) is 13.1. The van der Waals surface area contributed by atoms with Gasteiger partial charge in [0.1, 0.15) is 6.10 Å². The van der Waals surface area contributed by atoms with Crippen LogP contribution in [0.5, 0.6) is 5.75 Å². The van der Waals surface area contributed by atoms with E-state index in [1.165, 1.54) is 6.07 Å². The third-order valence-corrected chi connectivity index (χ3v) is 2.52. The number of halogens is 1. The van der Waals surface area contributed by atoms with Crippen molar-refractivity contribution in [2.24, 2.45) is 10.7 Å². The molecule has 0 amide bonds. The summed E-state index contributed by atoms with van der Waals surface area (Å²) in [6.07, 6.45) is 1.92. The van der Waals surface area contributed by atoms with Gasteiger partial charge in [0.25, 0.3) is 0 Å². The van der Waals surface area contributed by atoms with E-state index >= 15 is 0 Å². The van der Waals surface area contributed by atoms with Gasteiger partial charge in [-0.2, -0.15) is 0 Å². The van der Waals surface area contributed by atoms with Crippen LogP contribution in [-0.2, 0) is 0 Å². The smallest absolute Gasteiger partial charge is 0.188 e. The van der Waals surface area contributed by atoms with E-state index in [4.69, 9.17) is 10.5 Å². The first-order valence-electron chi connectivity index (χ1n) is 6.58. The summed E-state index contributed by atoms with van der Waals surface area (Å²) < 4.78 is 18.8. The zero-order chi connectivity index (χ0) is 14.1. The molecule has 0 spiro atoms. The van der Waals surface area contributed by atoms with E-state index in [2.05, 4.69) is 17.2 Å². The van der Waals surface area contributed by atoms with Crippen LogP contribution >= 0.6 is 0 Å². The first-order chi connectivity index (χ1) is 9.13. The monoisotopic (exact) mass is 267 g/mol. The minimum Gasteiger partial charge on any atom is -0.486 e. The first-order valence-corrected chi connectivity index (χ1v) is 6.58. The highest BCUT2D eigenvalue weighted by molar-refractivity contribution is 5.77. The Morgan fingerprint density at radius 2 is 2.21 bits per heavy atom. The van der Waals surface area contributed by atoms with Gasteiger partial charge in [-0.1, -0.05) is 25.5 Å². The molecule has 1 rings (SSSR count). The lowest BCUT2D eigenvalue weighted by Crippen LogP contribution is -2.33. The number of benzene rings is 1. The molecule has 5 heteroatoms. The van der Waals surface area contributed by atoms with Crippen LogP contribution in [0.2, 0.25) is 0 Å². The summed E-state index contributed by atoms with van der Waals surface area (Å²) in [7, 11) is 0. The van der Waals surface area contributed by atoms with Gasteiger partial charge >= 0.3 is 0 Å². The molecule has 0 bridgehead atoms. The number of unbranched alkanes of at least 4 members (excludes halogenated alkanes) is 1. The predicted octanol–water partition coefficient (Wildman–Crippen LogP) is 2.30. The van der Waals surface area contributed by atoms with Gasteiger partial charge in [0, 0.05) is 6.54 Å². The van der Waals surface area contributed by atoms with Crippen molar-refractivity contribution in [3.8, 4) is 5.75 Å². The first kappa shape index (κ1) is 15.3. The number of nitrogens with zero attached hydrogens (tertiary/aromatic N) is 1. The number of rotatable bonds is 7. The highest BCUT2D eigenvalue weighted by Gasteiger charge is 2.07. The van der Waals surface area contributed by atoms with Gasteiger partial charge in [0.2, 0.25) is 0 Å². The molecule has 0 heterocycles. The maximum Gasteiger partial charge on any atom is 0.188 e. The maximum atomic E-state index is 13.4. The van der Waals surface area contributed by atoms with Crippen molar-refractivity contribution in [2.75, 3.05) is 13.1 Å². The van der Waals surface area contributed by atoms with Crippen LogP contribution in [-0.4, -0.2) is 25.2 Å². The summed E-state index contributed by atoms with van der Waals surface area (Å²) in [6.45, 7) is 5.14. The van der Waals surface area contributed by atoms with E-state index in [-0.39, 0.29) is 17.7 Å². The fourth-order valence-corrected chi connectivity index (χ4v) is 1.47. The summed E-state index contributed by atoms with van der Waals surface area (Å²) in [5, 5.41) is 3.01. The van der Waals surface area contributed by atoms with Crippen LogP contribution in [0.15, 0.2) is 29.3 Å². The van der Waals surface area contributed by atoms with Crippen molar-refractivity contribution in [3.05, 3.63) is 30.1 Å². The van der Waals surface area contributed by atoms with E-state index in [0.29, 0.717) is 12.5 Å². The van der Waals surface area contributed by atoms with Crippen LogP contribution in [0.3, 0.4) is 0 Å². The van der Waals surface area contributed by atoms with Gasteiger partial charge in [-0.05, 0) is 25.5 Å². The molecule has 1 aromatic carbocycles. The summed E-state index contributed by atoms with van der Waals surface area (Å²) in [4.78, 5) is 4.16. The van der Waals surface area contributed by atoms with Gasteiger partial charge in [0.15, 0.2) is 17.5 Å². The molecular formula is C14H22FN3O. The SMILES string of the molecule is CCCCNC(N)=NCC(C)Oc1ccccc1F. The molecule has 0 aromatic heterocycles. The molecule has 0 radical (unpaired) electrons. The second kappa shape index (κ2) is 8.34. The van der Waals surface area contributed by atoms with Crippen molar-refractivity contribution in [1.82, 2.24) is 5.32 Å². The Balaban J connectivity index is 2.37. The van der Waals surface area contributed by atoms with Crippen LogP contribution in [0.4, 0.5) is 4.39 Å². The number of hydrogen-bond donors (Lipinski definition) is 2. The largest absolute Gasteiger partial charge is 0.486 e. The Kier molecular flexibility index (Phi) is 6.71. The predicted molar refractivity (Wildman–Crippen MR) is 75.9 cm³/mol. The van der Waals surface area contributed by atoms with E-state index in [9.17, 15) is 4.39 Å². The van der Waals surface area contributed by atoms with Gasteiger partial charge in [-0.3, -0.25) is 0 Å². The number of hydrogen-bond acceptors (Lipinski definition) is 2. The second-order valence-corrected chi connectivity index (χ2v) is 4.37. The molecule has 0 aliphatic rings. The average molecular weight is 267 g/mol. The third kappa shape index (κ3) is 6.08. The zero-order valence-corrected chi connectivity index (χ0v) is 11.5. The van der Waals surface area contributed by atoms with Crippen LogP contribution in [0.25, 0.3) is 0 Å². The van der Waals surface area contributed by atoms with Gasteiger partial charge in [-0.25, -0.2) is 9.38 Å². The molecule has 1 atom stereocenters. The number of nitrogens with two attached hydrogens (primary N) is 1. The lowest BCUT2D eigenvalue weighted by Gasteiger charge is -2.13. The van der Waals surface area contributed by atoms with Crippen LogP contribution < -0.4 is 15.8 Å². The topological polar surface area (TPSA) is 59.6 Å². The van der Waals surface area contributed by atoms with Gasteiger partial charge in [0.05, 0.1) is 6.54 Å². The molecule has 19 heavy (non-hydrogen) atoms. The molecule has 106 valence electrons. The fourth-order valence-electron chi connectivity index (χ4n) is 1.47. The van der Waals surface area contributed by atoms with Crippen molar-refractivity contribution >= 4 is 5.96 Å². The summed E-state index contributed by atoms with van der Waals surface area (Å²) in [5.41, 5.74) is 5.70. The maximum absolute atomic E-state index is 13.4. The van der Waals surface area contributed by atoms with E-state index in [1.807, 2.05) is 6.92 Å². The Bertz CT molecular complexity index is 409. The van der Waals surface area contributed by atoms with Crippen molar-refractivity contribution in [1.29, 1.82) is 0 Å². The summed E-state index contributed by atoms with van der Waals surface area (Å²) in [5.74, 6) is 0.271. The number of nitrogens with one attached hydrogen (secondary N) is 1. The molecule has 0 fully saturated rings. The number of guanidine groups is 1. The number of aliphatic imine (C=N–C) groups is 1. The van der Waals surface area contributed by atoms with Crippen molar-refractivity contribution in [3.63, 3.8) is 0 Å². The second-order valence-electron chi connectivity index (χ2n) is 4.37. The third-order valence-electron chi connectivity index (χ3n) is 2.52. The molecule has 1 unspecified atom stereocenters.